The second kappa shape index (κ2) is 10.5. The quantitative estimate of drug-likeness (QED) is 0.309. The lowest BCUT2D eigenvalue weighted by molar-refractivity contribution is 0.440. The number of hydrogen-bond donors (Lipinski definition) is 2. The summed E-state index contributed by atoms with van der Waals surface area (Å²) in [5.41, 5.74) is 0.757. The summed E-state index contributed by atoms with van der Waals surface area (Å²) in [6.45, 7) is 0.880. The molecule has 8 nitrogen and oxygen atoms in total. The minimum Gasteiger partial charge on any atom is -0.453 e. The van der Waals surface area contributed by atoms with E-state index >= 15 is 0 Å². The van der Waals surface area contributed by atoms with Crippen LogP contribution >= 0.6 is 24.0 Å². The predicted octanol–water partition coefficient (Wildman–Crippen LogP) is 2.62. The minimum absolute atomic E-state index is 0. The molecule has 1 aromatic carbocycles. The fourth-order valence-electron chi connectivity index (χ4n) is 2.32. The van der Waals surface area contributed by atoms with Gasteiger partial charge in [-0.05, 0) is 29.8 Å². The van der Waals surface area contributed by atoms with Crippen molar-refractivity contribution >= 4 is 29.9 Å². The Morgan fingerprint density at radius 3 is 2.71 bits per heavy atom. The Labute approximate surface area is 179 Å². The zero-order chi connectivity index (χ0) is 19.1. The van der Waals surface area contributed by atoms with Gasteiger partial charge in [-0.25, -0.2) is 9.37 Å². The molecule has 0 unspecified atom stereocenters. The second-order valence-electron chi connectivity index (χ2n) is 5.63. The van der Waals surface area contributed by atoms with Crippen LogP contribution in [0.25, 0.3) is 0 Å². The van der Waals surface area contributed by atoms with E-state index in [1.807, 2.05) is 7.05 Å². The molecule has 2 N–H and O–H groups in total. The number of ether oxygens (including phenoxy) is 1. The van der Waals surface area contributed by atoms with Gasteiger partial charge in [0.1, 0.15) is 17.9 Å². The Morgan fingerprint density at radius 1 is 1.25 bits per heavy atom. The lowest BCUT2D eigenvalue weighted by Crippen LogP contribution is -2.36. The fraction of sp³-hybridized carbons (Fsp3) is 0.222. The molecule has 0 saturated carbocycles. The van der Waals surface area contributed by atoms with Gasteiger partial charge in [-0.3, -0.25) is 14.7 Å². The van der Waals surface area contributed by atoms with E-state index in [1.54, 1.807) is 42.2 Å². The molecule has 148 valence electrons. The highest BCUT2D eigenvalue weighted by Crippen LogP contribution is 2.24. The summed E-state index contributed by atoms with van der Waals surface area (Å²) in [5, 5.41) is 10.3. The van der Waals surface area contributed by atoms with E-state index < -0.39 is 5.82 Å². The highest BCUT2D eigenvalue weighted by atomic mass is 127. The molecule has 10 heteroatoms. The molecule has 0 amide bonds. The van der Waals surface area contributed by atoms with Gasteiger partial charge < -0.3 is 15.4 Å². The number of benzene rings is 1. The number of aliphatic imine (C=N–C) groups is 1. The summed E-state index contributed by atoms with van der Waals surface area (Å²) in [4.78, 5) is 12.2. The lowest BCUT2D eigenvalue weighted by atomic mass is 10.2. The van der Waals surface area contributed by atoms with Gasteiger partial charge in [0.2, 0.25) is 0 Å². The molecule has 0 spiro atoms. The van der Waals surface area contributed by atoms with E-state index in [-0.39, 0.29) is 29.7 Å². The van der Waals surface area contributed by atoms with Gasteiger partial charge in [-0.15, -0.1) is 24.0 Å². The first-order chi connectivity index (χ1) is 13.2. The van der Waals surface area contributed by atoms with Gasteiger partial charge in [0.15, 0.2) is 17.5 Å². The minimum atomic E-state index is -0.444. The predicted molar refractivity (Wildman–Crippen MR) is 114 cm³/mol. The highest BCUT2D eigenvalue weighted by molar-refractivity contribution is 14.0. The third-order valence-corrected chi connectivity index (χ3v) is 3.76. The van der Waals surface area contributed by atoms with Crippen LogP contribution in [0.3, 0.4) is 0 Å². The van der Waals surface area contributed by atoms with Gasteiger partial charge in [-0.2, -0.15) is 5.10 Å². The Hall–Kier alpha value is -2.76. The number of aryl methyl sites for hydroxylation is 1. The topological polar surface area (TPSA) is 89.2 Å². The van der Waals surface area contributed by atoms with E-state index in [4.69, 9.17) is 4.74 Å². The number of hydrogen-bond acceptors (Lipinski definition) is 5. The summed E-state index contributed by atoms with van der Waals surface area (Å²) in [5.74, 6) is 1.54. The molecule has 0 aliphatic rings. The van der Waals surface area contributed by atoms with Gasteiger partial charge >= 0.3 is 0 Å². The SMILES string of the molecule is CN=C(NCc1ccc(Oc2cccnc2)c(F)c1)NCc1ncnn1C.I. The second-order valence-corrected chi connectivity index (χ2v) is 5.63. The zero-order valence-corrected chi connectivity index (χ0v) is 17.8. The summed E-state index contributed by atoms with van der Waals surface area (Å²) in [6, 6.07) is 8.25. The summed E-state index contributed by atoms with van der Waals surface area (Å²) in [7, 11) is 3.48. The molecule has 0 fully saturated rings. The molecule has 0 aliphatic heterocycles. The standard InChI is InChI=1S/C18H20FN7O.HI/c1-20-18(23-11-17-24-12-25-26(17)2)22-9-13-5-6-16(15(19)8-13)27-14-4-3-7-21-10-14;/h3-8,10,12H,9,11H2,1-2H3,(H2,20,22,23);1H. The molecule has 3 rings (SSSR count). The fourth-order valence-corrected chi connectivity index (χ4v) is 2.32. The van der Waals surface area contributed by atoms with Crippen LogP contribution in [-0.2, 0) is 20.1 Å². The van der Waals surface area contributed by atoms with Crippen LogP contribution in [0.1, 0.15) is 11.4 Å². The molecule has 2 heterocycles. The van der Waals surface area contributed by atoms with Gasteiger partial charge in [0.05, 0.1) is 12.7 Å². The Kier molecular flexibility index (Phi) is 8.11. The lowest BCUT2D eigenvalue weighted by Gasteiger charge is -2.12. The number of pyridine rings is 1. The van der Waals surface area contributed by atoms with Crippen LogP contribution in [0.2, 0.25) is 0 Å². The highest BCUT2D eigenvalue weighted by Gasteiger charge is 2.08. The van der Waals surface area contributed by atoms with E-state index in [0.29, 0.717) is 24.8 Å². The maximum Gasteiger partial charge on any atom is 0.191 e. The molecule has 0 aliphatic carbocycles. The van der Waals surface area contributed by atoms with Crippen molar-refractivity contribution < 1.29 is 9.13 Å². The molecule has 0 radical (unpaired) electrons. The van der Waals surface area contributed by atoms with Crippen LogP contribution in [0.5, 0.6) is 11.5 Å². The largest absolute Gasteiger partial charge is 0.453 e. The Balaban J connectivity index is 0.00000280. The van der Waals surface area contributed by atoms with Crippen LogP contribution in [0.15, 0.2) is 54.0 Å². The van der Waals surface area contributed by atoms with Crippen molar-refractivity contribution in [2.45, 2.75) is 13.1 Å². The first-order valence-corrected chi connectivity index (χ1v) is 8.29. The van der Waals surface area contributed by atoms with Crippen molar-refractivity contribution in [2.75, 3.05) is 7.05 Å². The smallest absolute Gasteiger partial charge is 0.191 e. The zero-order valence-electron chi connectivity index (χ0n) is 15.5. The van der Waals surface area contributed by atoms with Crippen LogP contribution in [0, 0.1) is 5.82 Å². The summed E-state index contributed by atoms with van der Waals surface area (Å²) in [6.07, 6.45) is 4.65. The molecular formula is C18H21FIN7O. The molecular weight excluding hydrogens is 476 g/mol. The first-order valence-electron chi connectivity index (χ1n) is 8.29. The molecule has 0 bridgehead atoms. The number of rotatable bonds is 6. The van der Waals surface area contributed by atoms with Crippen molar-refractivity contribution in [1.82, 2.24) is 30.4 Å². The number of nitrogens with one attached hydrogen (secondary N) is 2. The van der Waals surface area contributed by atoms with Crippen molar-refractivity contribution in [2.24, 2.45) is 12.0 Å². The number of halogens is 2. The van der Waals surface area contributed by atoms with Gasteiger partial charge in [0.25, 0.3) is 0 Å². The molecule has 0 atom stereocenters. The Bertz CT molecular complexity index is 917. The maximum atomic E-state index is 14.3. The van der Waals surface area contributed by atoms with E-state index in [9.17, 15) is 4.39 Å². The maximum absolute atomic E-state index is 14.3. The van der Waals surface area contributed by atoms with Crippen molar-refractivity contribution in [3.63, 3.8) is 0 Å². The normalized spacial score (nSPS) is 10.9. The summed E-state index contributed by atoms with van der Waals surface area (Å²) < 4.78 is 21.5. The number of guanidine groups is 1. The Morgan fingerprint density at radius 2 is 2.07 bits per heavy atom. The average molecular weight is 497 g/mol. The van der Waals surface area contributed by atoms with Crippen LogP contribution in [0.4, 0.5) is 4.39 Å². The molecule has 3 aromatic rings. The molecule has 28 heavy (non-hydrogen) atoms. The summed E-state index contributed by atoms with van der Waals surface area (Å²) >= 11 is 0. The molecule has 0 saturated heterocycles. The molecule has 2 aromatic heterocycles. The average Bonchev–Trinajstić information content (AvgIpc) is 3.10. The number of aromatic nitrogens is 4. The van der Waals surface area contributed by atoms with Crippen LogP contribution in [-0.4, -0.2) is 32.8 Å². The van der Waals surface area contributed by atoms with Crippen LogP contribution < -0.4 is 15.4 Å². The van der Waals surface area contributed by atoms with E-state index in [0.717, 1.165) is 11.4 Å². The first kappa shape index (κ1) is 21.5. The van der Waals surface area contributed by atoms with Gasteiger partial charge in [-0.1, -0.05) is 6.07 Å². The van der Waals surface area contributed by atoms with Crippen molar-refractivity contribution in [3.8, 4) is 11.5 Å². The van der Waals surface area contributed by atoms with Crippen molar-refractivity contribution in [1.29, 1.82) is 0 Å². The van der Waals surface area contributed by atoms with Gasteiger partial charge in [0, 0.05) is 26.8 Å². The number of nitrogens with zero attached hydrogens (tertiary/aromatic N) is 5. The van der Waals surface area contributed by atoms with E-state index in [1.165, 1.54) is 18.6 Å². The third-order valence-electron chi connectivity index (χ3n) is 3.76. The monoisotopic (exact) mass is 497 g/mol. The third kappa shape index (κ3) is 5.87. The van der Waals surface area contributed by atoms with E-state index in [2.05, 4.69) is 30.7 Å². The van der Waals surface area contributed by atoms with Crippen molar-refractivity contribution in [3.05, 3.63) is 66.3 Å².